The summed E-state index contributed by atoms with van der Waals surface area (Å²) in [5.41, 5.74) is 0. The van der Waals surface area contributed by atoms with E-state index in [1.807, 2.05) is 0 Å². The molecule has 1 aromatic heterocycles. The van der Waals surface area contributed by atoms with E-state index in [1.165, 1.54) is 45.3 Å². The van der Waals surface area contributed by atoms with Crippen LogP contribution in [0.1, 0.15) is 51.8 Å². The highest BCUT2D eigenvalue weighted by Crippen LogP contribution is 2.09. The van der Waals surface area contributed by atoms with Crippen molar-refractivity contribution in [3.8, 4) is 0 Å². The number of hydrogen-bond acceptors (Lipinski definition) is 4. The lowest BCUT2D eigenvalue weighted by molar-refractivity contribution is 0.283. The molecule has 1 aromatic rings. The first-order valence-electron chi connectivity index (χ1n) is 9.94. The van der Waals surface area contributed by atoms with E-state index in [0.717, 1.165) is 50.8 Å². The van der Waals surface area contributed by atoms with Crippen molar-refractivity contribution in [2.45, 2.75) is 58.9 Å². The summed E-state index contributed by atoms with van der Waals surface area (Å²) in [4.78, 5) is 7.31. The zero-order chi connectivity index (χ0) is 17.7. The molecule has 0 aliphatic carbocycles. The van der Waals surface area contributed by atoms with E-state index in [-0.39, 0.29) is 24.0 Å². The van der Waals surface area contributed by atoms with E-state index in [2.05, 4.69) is 44.1 Å². The van der Waals surface area contributed by atoms with Crippen molar-refractivity contribution < 1.29 is 0 Å². The number of hydrogen-bond donors (Lipinski definition) is 2. The van der Waals surface area contributed by atoms with Crippen LogP contribution in [0.5, 0.6) is 0 Å². The molecule has 150 valence electrons. The Morgan fingerprint density at radius 1 is 1.12 bits per heavy atom. The average molecular weight is 477 g/mol. The number of nitrogens with zero attached hydrogens (tertiary/aromatic N) is 5. The summed E-state index contributed by atoms with van der Waals surface area (Å²) in [5, 5.41) is 14.8. The molecule has 0 aromatic carbocycles. The minimum atomic E-state index is 0. The van der Waals surface area contributed by atoms with Gasteiger partial charge in [-0.05, 0) is 45.8 Å². The van der Waals surface area contributed by atoms with Crippen molar-refractivity contribution in [2.24, 2.45) is 4.99 Å². The predicted molar refractivity (Wildman–Crippen MR) is 118 cm³/mol. The number of rotatable bonds is 9. The quantitative estimate of drug-likeness (QED) is 0.247. The van der Waals surface area contributed by atoms with Gasteiger partial charge in [-0.1, -0.05) is 19.8 Å². The van der Waals surface area contributed by atoms with Gasteiger partial charge in [0.1, 0.15) is 12.2 Å². The fraction of sp³-hybridized carbons (Fsp3) is 0.833. The molecular weight excluding hydrogens is 441 g/mol. The number of aryl methyl sites for hydroxylation is 1. The largest absolute Gasteiger partial charge is 0.357 e. The van der Waals surface area contributed by atoms with Crippen LogP contribution in [0.15, 0.2) is 11.3 Å². The predicted octanol–water partition coefficient (Wildman–Crippen LogP) is 2.28. The molecule has 0 atom stereocenters. The van der Waals surface area contributed by atoms with Crippen LogP contribution in [0, 0.1) is 0 Å². The lowest BCUT2D eigenvalue weighted by Crippen LogP contribution is -2.39. The van der Waals surface area contributed by atoms with Crippen LogP contribution in [-0.2, 0) is 13.0 Å². The Hall–Kier alpha value is -0.900. The Morgan fingerprint density at radius 3 is 2.58 bits per heavy atom. The van der Waals surface area contributed by atoms with Crippen LogP contribution >= 0.6 is 24.0 Å². The van der Waals surface area contributed by atoms with Crippen LogP contribution < -0.4 is 10.6 Å². The van der Waals surface area contributed by atoms with Gasteiger partial charge in [0.2, 0.25) is 0 Å². The molecule has 2 rings (SSSR count). The maximum atomic E-state index is 4.71. The number of likely N-dealkylation sites (tertiary alicyclic amines) is 1. The van der Waals surface area contributed by atoms with Gasteiger partial charge in [-0.3, -0.25) is 4.99 Å². The third-order valence-corrected chi connectivity index (χ3v) is 4.60. The summed E-state index contributed by atoms with van der Waals surface area (Å²) in [6.45, 7) is 11.3. The van der Waals surface area contributed by atoms with E-state index < -0.39 is 0 Å². The molecule has 1 fully saturated rings. The molecule has 0 amide bonds. The second kappa shape index (κ2) is 14.2. The molecule has 1 aliphatic heterocycles. The zero-order valence-electron chi connectivity index (χ0n) is 16.4. The van der Waals surface area contributed by atoms with Crippen LogP contribution in [0.25, 0.3) is 0 Å². The van der Waals surface area contributed by atoms with Gasteiger partial charge in [-0.15, -0.1) is 34.2 Å². The smallest absolute Gasteiger partial charge is 0.191 e. The second-order valence-corrected chi connectivity index (χ2v) is 6.59. The van der Waals surface area contributed by atoms with Crippen LogP contribution in [0.4, 0.5) is 0 Å². The van der Waals surface area contributed by atoms with Gasteiger partial charge in [0.25, 0.3) is 0 Å². The fourth-order valence-electron chi connectivity index (χ4n) is 3.22. The first-order chi connectivity index (χ1) is 12.3. The molecule has 2 heterocycles. The van der Waals surface area contributed by atoms with E-state index in [9.17, 15) is 0 Å². The lowest BCUT2D eigenvalue weighted by atomic mass is 10.2. The summed E-state index contributed by atoms with van der Waals surface area (Å²) in [7, 11) is 0. The minimum absolute atomic E-state index is 0. The fourth-order valence-corrected chi connectivity index (χ4v) is 3.22. The van der Waals surface area contributed by atoms with Crippen molar-refractivity contribution in [3.63, 3.8) is 0 Å². The van der Waals surface area contributed by atoms with Crippen LogP contribution in [-0.4, -0.2) is 64.9 Å². The average Bonchev–Trinajstić information content (AvgIpc) is 2.92. The highest BCUT2D eigenvalue weighted by atomic mass is 127. The maximum absolute atomic E-state index is 4.71. The van der Waals surface area contributed by atoms with Gasteiger partial charge in [0, 0.05) is 32.6 Å². The van der Waals surface area contributed by atoms with Crippen molar-refractivity contribution in [3.05, 3.63) is 12.2 Å². The number of aliphatic imine (C=N–C) groups is 1. The molecule has 0 radical (unpaired) electrons. The van der Waals surface area contributed by atoms with Gasteiger partial charge >= 0.3 is 0 Å². The number of nitrogens with one attached hydrogen (secondary N) is 2. The number of halogens is 1. The Morgan fingerprint density at radius 2 is 1.88 bits per heavy atom. The topological polar surface area (TPSA) is 70.4 Å². The van der Waals surface area contributed by atoms with Gasteiger partial charge in [-0.25, -0.2) is 0 Å². The van der Waals surface area contributed by atoms with Crippen LogP contribution in [0.3, 0.4) is 0 Å². The monoisotopic (exact) mass is 477 g/mol. The third kappa shape index (κ3) is 8.66. The molecule has 7 nitrogen and oxygen atoms in total. The summed E-state index contributed by atoms with van der Waals surface area (Å²) in [6.07, 6.45) is 9.34. The number of aromatic nitrogens is 3. The van der Waals surface area contributed by atoms with E-state index in [1.54, 1.807) is 6.33 Å². The highest BCUT2D eigenvalue weighted by Gasteiger charge is 2.08. The normalized spacial score (nSPS) is 16.0. The molecule has 0 spiro atoms. The van der Waals surface area contributed by atoms with Gasteiger partial charge in [0.05, 0.1) is 0 Å². The van der Waals surface area contributed by atoms with E-state index in [0.29, 0.717) is 0 Å². The summed E-state index contributed by atoms with van der Waals surface area (Å²) < 4.78 is 2.09. The van der Waals surface area contributed by atoms with Crippen molar-refractivity contribution >= 4 is 29.9 Å². The van der Waals surface area contributed by atoms with E-state index in [4.69, 9.17) is 4.99 Å². The molecule has 8 heteroatoms. The molecule has 1 aliphatic rings. The molecular formula is C18H36IN7. The van der Waals surface area contributed by atoms with Crippen molar-refractivity contribution in [1.82, 2.24) is 30.3 Å². The van der Waals surface area contributed by atoms with Gasteiger partial charge < -0.3 is 20.1 Å². The Balaban J connectivity index is 0.00000338. The molecule has 2 N–H and O–H groups in total. The molecule has 26 heavy (non-hydrogen) atoms. The van der Waals surface area contributed by atoms with Gasteiger partial charge in [-0.2, -0.15) is 0 Å². The van der Waals surface area contributed by atoms with Gasteiger partial charge in [0.15, 0.2) is 5.96 Å². The van der Waals surface area contributed by atoms with E-state index >= 15 is 0 Å². The zero-order valence-corrected chi connectivity index (χ0v) is 18.7. The summed E-state index contributed by atoms with van der Waals surface area (Å²) in [6, 6.07) is 0. The first-order valence-corrected chi connectivity index (χ1v) is 9.94. The number of guanidine groups is 1. The Labute approximate surface area is 175 Å². The third-order valence-electron chi connectivity index (χ3n) is 4.60. The molecule has 0 bridgehead atoms. The maximum Gasteiger partial charge on any atom is 0.191 e. The SMILES string of the molecule is CCNC(=NCCCN1CCCCCC1)NCCn1cnnc1CC.I. The summed E-state index contributed by atoms with van der Waals surface area (Å²) in [5.74, 6) is 1.94. The minimum Gasteiger partial charge on any atom is -0.357 e. The van der Waals surface area contributed by atoms with Crippen molar-refractivity contribution in [1.29, 1.82) is 0 Å². The first kappa shape index (κ1) is 23.1. The van der Waals surface area contributed by atoms with Crippen LogP contribution in [0.2, 0.25) is 0 Å². The van der Waals surface area contributed by atoms with Crippen molar-refractivity contribution in [2.75, 3.05) is 39.3 Å². The Kier molecular flexibility index (Phi) is 12.6. The Bertz CT molecular complexity index is 495. The lowest BCUT2D eigenvalue weighted by Gasteiger charge is -2.19. The second-order valence-electron chi connectivity index (χ2n) is 6.59. The molecule has 1 saturated heterocycles. The molecule has 0 unspecified atom stereocenters. The standard InChI is InChI=1S/C18H35N7.HI/c1-3-17-23-22-16-25(17)15-11-21-18(19-4-2)20-10-9-14-24-12-7-5-6-8-13-24;/h16H,3-15H2,1-2H3,(H2,19,20,21);1H. The highest BCUT2D eigenvalue weighted by molar-refractivity contribution is 14.0. The summed E-state index contributed by atoms with van der Waals surface area (Å²) >= 11 is 0. The molecule has 0 saturated carbocycles.